The van der Waals surface area contributed by atoms with E-state index in [0.717, 1.165) is 17.7 Å². The van der Waals surface area contributed by atoms with Crippen LogP contribution in [0.15, 0.2) is 85.1 Å². The normalized spacial score (nSPS) is 12.1. The van der Waals surface area contributed by atoms with Crippen LogP contribution in [0.4, 0.5) is 0 Å². The Morgan fingerprint density at radius 1 is 0.967 bits per heavy atom. The molecule has 1 aromatic heterocycles. The highest BCUT2D eigenvalue weighted by molar-refractivity contribution is 6.30. The average Bonchev–Trinajstić information content (AvgIpc) is 3.16. The van der Waals surface area contributed by atoms with Crippen LogP contribution in [-0.2, 0) is 17.9 Å². The van der Waals surface area contributed by atoms with Crippen molar-refractivity contribution in [1.82, 2.24) is 9.88 Å². The highest BCUT2D eigenvalue weighted by Gasteiger charge is 2.22. The zero-order valence-electron chi connectivity index (χ0n) is 17.0. The topological polar surface area (TPSA) is 34.0 Å². The number of carbonyl (C=O) groups excluding carboxylic acids is 1. The molecule has 0 saturated heterocycles. The van der Waals surface area contributed by atoms with E-state index in [2.05, 4.69) is 47.3 Å². The molecule has 152 valence electrons. The Hall–Kier alpha value is -3.04. The fourth-order valence-corrected chi connectivity index (χ4v) is 4.10. The first-order valence-electron chi connectivity index (χ1n) is 10.3. The molecule has 1 heterocycles. The van der Waals surface area contributed by atoms with Crippen molar-refractivity contribution in [2.45, 2.75) is 32.4 Å². The molecule has 1 N–H and O–H groups in total. The van der Waals surface area contributed by atoms with Gasteiger partial charge in [0, 0.05) is 47.6 Å². The third kappa shape index (κ3) is 4.42. The van der Waals surface area contributed by atoms with Crippen molar-refractivity contribution < 1.29 is 4.79 Å². The zero-order valence-corrected chi connectivity index (χ0v) is 17.8. The number of nitrogens with one attached hydrogen (secondary N) is 1. The molecule has 0 bridgehead atoms. The van der Waals surface area contributed by atoms with Crippen LogP contribution in [0.25, 0.3) is 10.9 Å². The molecule has 0 fully saturated rings. The van der Waals surface area contributed by atoms with E-state index in [4.69, 9.17) is 11.6 Å². The van der Waals surface area contributed by atoms with Crippen molar-refractivity contribution in [3.63, 3.8) is 0 Å². The second-order valence-corrected chi connectivity index (χ2v) is 7.89. The maximum Gasteiger partial charge on any atom is 0.221 e. The number of benzene rings is 3. The molecule has 4 aromatic rings. The second-order valence-electron chi connectivity index (χ2n) is 7.46. The van der Waals surface area contributed by atoms with E-state index in [1.807, 2.05) is 54.6 Å². The molecule has 3 aromatic carbocycles. The first kappa shape index (κ1) is 20.2. The summed E-state index contributed by atoms with van der Waals surface area (Å²) in [6.45, 7) is 3.55. The van der Waals surface area contributed by atoms with Gasteiger partial charge in [0.15, 0.2) is 0 Å². The summed E-state index contributed by atoms with van der Waals surface area (Å²) in [6.07, 6.45) is 2.57. The van der Waals surface area contributed by atoms with Crippen LogP contribution in [0, 0.1) is 0 Å². The minimum absolute atomic E-state index is 0.0344. The number of rotatable bonds is 7. The number of aromatic nitrogens is 1. The van der Waals surface area contributed by atoms with Gasteiger partial charge in [-0.05, 0) is 41.8 Å². The smallest absolute Gasteiger partial charge is 0.221 e. The van der Waals surface area contributed by atoms with E-state index in [9.17, 15) is 4.79 Å². The van der Waals surface area contributed by atoms with Gasteiger partial charge >= 0.3 is 0 Å². The van der Waals surface area contributed by atoms with Crippen LogP contribution in [0.2, 0.25) is 5.02 Å². The highest BCUT2D eigenvalue weighted by Crippen LogP contribution is 2.35. The quantitative estimate of drug-likeness (QED) is 0.385. The van der Waals surface area contributed by atoms with Gasteiger partial charge in [0.05, 0.1) is 0 Å². The van der Waals surface area contributed by atoms with Crippen LogP contribution < -0.4 is 5.32 Å². The number of amides is 1. The van der Waals surface area contributed by atoms with Crippen molar-refractivity contribution >= 4 is 28.4 Å². The van der Waals surface area contributed by atoms with Gasteiger partial charge in [0.1, 0.15) is 0 Å². The number of hydrogen-bond donors (Lipinski definition) is 1. The Morgan fingerprint density at radius 2 is 1.67 bits per heavy atom. The standard InChI is InChI=1S/C26H25ClN2O/c1-2-29-18-24(22-10-6-7-11-25(22)29)23(20-12-14-21(27)15-13-20)16-26(30)28-17-19-8-4-3-5-9-19/h3-15,18,23H,2,16-17H2,1H3,(H,28,30). The summed E-state index contributed by atoms with van der Waals surface area (Å²) in [5.41, 5.74) is 4.55. The van der Waals surface area contributed by atoms with Gasteiger partial charge in [-0.3, -0.25) is 4.79 Å². The largest absolute Gasteiger partial charge is 0.352 e. The van der Waals surface area contributed by atoms with Crippen LogP contribution in [0.3, 0.4) is 0 Å². The minimum Gasteiger partial charge on any atom is -0.352 e. The lowest BCUT2D eigenvalue weighted by atomic mass is 9.88. The molecule has 0 radical (unpaired) electrons. The minimum atomic E-state index is -0.0456. The van der Waals surface area contributed by atoms with Crippen molar-refractivity contribution in [2.75, 3.05) is 0 Å². The Kier molecular flexibility index (Phi) is 6.20. The van der Waals surface area contributed by atoms with Crippen LogP contribution in [0.1, 0.15) is 36.0 Å². The summed E-state index contributed by atoms with van der Waals surface area (Å²) in [4.78, 5) is 12.9. The summed E-state index contributed by atoms with van der Waals surface area (Å²) >= 11 is 6.12. The third-order valence-corrected chi connectivity index (χ3v) is 5.78. The highest BCUT2D eigenvalue weighted by atomic mass is 35.5. The number of fused-ring (bicyclic) bond motifs is 1. The van der Waals surface area contributed by atoms with E-state index in [1.54, 1.807) is 0 Å². The molecule has 1 amide bonds. The van der Waals surface area contributed by atoms with Gasteiger partial charge in [-0.25, -0.2) is 0 Å². The lowest BCUT2D eigenvalue weighted by Gasteiger charge is -2.17. The fraction of sp³-hybridized carbons (Fsp3) is 0.192. The SMILES string of the molecule is CCn1cc(C(CC(=O)NCc2ccccc2)c2ccc(Cl)cc2)c2ccccc21. The van der Waals surface area contributed by atoms with Gasteiger partial charge in [-0.1, -0.05) is 72.3 Å². The van der Waals surface area contributed by atoms with Crippen LogP contribution >= 0.6 is 11.6 Å². The Balaban J connectivity index is 1.65. The molecule has 1 unspecified atom stereocenters. The zero-order chi connectivity index (χ0) is 20.9. The number of halogens is 1. The van der Waals surface area contributed by atoms with E-state index >= 15 is 0 Å². The predicted molar refractivity (Wildman–Crippen MR) is 124 cm³/mol. The molecule has 4 rings (SSSR count). The van der Waals surface area contributed by atoms with Gasteiger partial charge in [-0.15, -0.1) is 0 Å². The molecule has 0 spiro atoms. The summed E-state index contributed by atoms with van der Waals surface area (Å²) in [5.74, 6) is -0.0112. The van der Waals surface area contributed by atoms with Gasteiger partial charge in [-0.2, -0.15) is 0 Å². The van der Waals surface area contributed by atoms with Crippen molar-refractivity contribution in [3.8, 4) is 0 Å². The first-order chi connectivity index (χ1) is 14.7. The van der Waals surface area contributed by atoms with E-state index in [0.29, 0.717) is 18.0 Å². The van der Waals surface area contributed by atoms with E-state index in [1.165, 1.54) is 16.5 Å². The summed E-state index contributed by atoms with van der Waals surface area (Å²) in [6, 6.07) is 26.2. The summed E-state index contributed by atoms with van der Waals surface area (Å²) in [5, 5.41) is 4.96. The van der Waals surface area contributed by atoms with Gasteiger partial charge in [0.25, 0.3) is 0 Å². The number of para-hydroxylation sites is 1. The lowest BCUT2D eigenvalue weighted by molar-refractivity contribution is -0.121. The molecular formula is C26H25ClN2O. The van der Waals surface area contributed by atoms with Gasteiger partial charge < -0.3 is 9.88 Å². The summed E-state index contributed by atoms with van der Waals surface area (Å²) in [7, 11) is 0. The fourth-order valence-electron chi connectivity index (χ4n) is 3.97. The number of hydrogen-bond acceptors (Lipinski definition) is 1. The van der Waals surface area contributed by atoms with Crippen molar-refractivity contribution in [2.24, 2.45) is 0 Å². The third-order valence-electron chi connectivity index (χ3n) is 5.53. The Labute approximate surface area is 182 Å². The molecule has 0 aliphatic carbocycles. The molecule has 4 heteroatoms. The predicted octanol–water partition coefficient (Wildman–Crippen LogP) is 6.15. The lowest BCUT2D eigenvalue weighted by Crippen LogP contribution is -2.25. The van der Waals surface area contributed by atoms with Gasteiger partial charge in [0.2, 0.25) is 5.91 Å². The molecule has 1 atom stereocenters. The first-order valence-corrected chi connectivity index (χ1v) is 10.7. The van der Waals surface area contributed by atoms with Crippen LogP contribution in [0.5, 0.6) is 0 Å². The average molecular weight is 417 g/mol. The molecule has 30 heavy (non-hydrogen) atoms. The Morgan fingerprint density at radius 3 is 2.40 bits per heavy atom. The molecule has 0 aliphatic heterocycles. The molecular weight excluding hydrogens is 392 g/mol. The second kappa shape index (κ2) is 9.19. The summed E-state index contributed by atoms with van der Waals surface area (Å²) < 4.78 is 2.25. The maximum atomic E-state index is 12.9. The monoisotopic (exact) mass is 416 g/mol. The van der Waals surface area contributed by atoms with E-state index < -0.39 is 0 Å². The molecule has 3 nitrogen and oxygen atoms in total. The number of carbonyl (C=O) groups is 1. The van der Waals surface area contributed by atoms with Crippen molar-refractivity contribution in [1.29, 1.82) is 0 Å². The Bertz CT molecular complexity index is 1130. The molecule has 0 aliphatic rings. The maximum absolute atomic E-state index is 12.9. The van der Waals surface area contributed by atoms with Crippen LogP contribution in [-0.4, -0.2) is 10.5 Å². The number of aryl methyl sites for hydroxylation is 1. The number of nitrogens with zero attached hydrogens (tertiary/aromatic N) is 1. The molecule has 0 saturated carbocycles. The van der Waals surface area contributed by atoms with Crippen molar-refractivity contribution in [3.05, 3.63) is 107 Å². The van der Waals surface area contributed by atoms with E-state index in [-0.39, 0.29) is 11.8 Å².